The number of amides is 2. The van der Waals surface area contributed by atoms with Gasteiger partial charge >= 0.3 is 6.03 Å². The Labute approximate surface area is 171 Å². The van der Waals surface area contributed by atoms with E-state index in [4.69, 9.17) is 4.74 Å². The molecule has 8 nitrogen and oxygen atoms in total. The lowest BCUT2D eigenvalue weighted by atomic mass is 10.2. The van der Waals surface area contributed by atoms with Gasteiger partial charge in [0.1, 0.15) is 23.7 Å². The van der Waals surface area contributed by atoms with E-state index in [0.29, 0.717) is 13.1 Å². The molecular formula is C21H28N6O2. The molecule has 0 unspecified atom stereocenters. The summed E-state index contributed by atoms with van der Waals surface area (Å²) < 4.78 is 5.22. The summed E-state index contributed by atoms with van der Waals surface area (Å²) in [5.41, 5.74) is 1.79. The molecule has 0 spiro atoms. The minimum atomic E-state index is -0.0710. The van der Waals surface area contributed by atoms with E-state index in [2.05, 4.69) is 31.2 Å². The number of urea groups is 1. The zero-order valence-corrected chi connectivity index (χ0v) is 17.1. The lowest BCUT2D eigenvalue weighted by Crippen LogP contribution is -2.50. The lowest BCUT2D eigenvalue weighted by Gasteiger charge is -2.35. The third-order valence-electron chi connectivity index (χ3n) is 5.63. The van der Waals surface area contributed by atoms with Crippen LogP contribution in [0.2, 0.25) is 0 Å². The average molecular weight is 396 g/mol. The van der Waals surface area contributed by atoms with Crippen LogP contribution in [0.15, 0.2) is 30.6 Å². The van der Waals surface area contributed by atoms with Gasteiger partial charge in [0.25, 0.3) is 0 Å². The third kappa shape index (κ3) is 4.36. The van der Waals surface area contributed by atoms with Crippen LogP contribution in [0.5, 0.6) is 5.75 Å². The highest BCUT2D eigenvalue weighted by molar-refractivity contribution is 5.90. The normalized spacial score (nSPS) is 16.8. The molecule has 2 aliphatic rings. The van der Waals surface area contributed by atoms with Gasteiger partial charge in [0.2, 0.25) is 0 Å². The van der Waals surface area contributed by atoms with Gasteiger partial charge in [-0.05, 0) is 43.5 Å². The third-order valence-corrected chi connectivity index (χ3v) is 5.63. The van der Waals surface area contributed by atoms with E-state index in [1.54, 1.807) is 13.4 Å². The van der Waals surface area contributed by atoms with Crippen LogP contribution in [0.25, 0.3) is 0 Å². The number of hydrogen-bond donors (Lipinski definition) is 1. The second-order valence-electron chi connectivity index (χ2n) is 7.51. The number of nitrogens with one attached hydrogen (secondary N) is 1. The number of anilines is 3. The van der Waals surface area contributed by atoms with E-state index < -0.39 is 0 Å². The number of ether oxygens (including phenoxy) is 1. The van der Waals surface area contributed by atoms with E-state index in [-0.39, 0.29) is 6.03 Å². The zero-order chi connectivity index (χ0) is 20.2. The zero-order valence-electron chi connectivity index (χ0n) is 17.1. The fraction of sp³-hybridized carbons (Fsp3) is 0.476. The van der Waals surface area contributed by atoms with Crippen molar-refractivity contribution in [2.75, 3.05) is 61.5 Å². The number of carbonyl (C=O) groups excluding carboxylic acids is 1. The molecule has 0 atom stereocenters. The number of piperazine rings is 1. The van der Waals surface area contributed by atoms with Crippen LogP contribution in [-0.2, 0) is 0 Å². The van der Waals surface area contributed by atoms with Gasteiger partial charge in [-0.1, -0.05) is 0 Å². The number of rotatable bonds is 4. The minimum Gasteiger partial charge on any atom is -0.497 e. The maximum Gasteiger partial charge on any atom is 0.321 e. The molecule has 4 rings (SSSR count). The van der Waals surface area contributed by atoms with Crippen LogP contribution in [0.1, 0.15) is 18.4 Å². The molecule has 0 radical (unpaired) electrons. The van der Waals surface area contributed by atoms with Gasteiger partial charge in [0.15, 0.2) is 0 Å². The van der Waals surface area contributed by atoms with Crippen molar-refractivity contribution in [3.05, 3.63) is 36.2 Å². The van der Waals surface area contributed by atoms with Crippen molar-refractivity contribution in [2.45, 2.75) is 19.8 Å². The highest BCUT2D eigenvalue weighted by Crippen LogP contribution is 2.23. The first-order chi connectivity index (χ1) is 14.1. The fourth-order valence-corrected chi connectivity index (χ4v) is 3.87. The molecule has 0 aliphatic carbocycles. The number of methoxy groups -OCH3 is 1. The highest BCUT2D eigenvalue weighted by Gasteiger charge is 2.23. The maximum atomic E-state index is 12.7. The van der Waals surface area contributed by atoms with Crippen molar-refractivity contribution in [3.63, 3.8) is 0 Å². The first-order valence-electron chi connectivity index (χ1n) is 10.2. The standard InChI is InChI=1S/C21H28N6O2/c1-16-13-17(29-2)5-6-18(16)24-21(28)27-11-9-26(10-12-27)20-14-19(22-15-23-20)25-7-3-4-8-25/h5-6,13-15H,3-4,7-12H2,1-2H3,(H,24,28). The smallest absolute Gasteiger partial charge is 0.321 e. The second-order valence-corrected chi connectivity index (χ2v) is 7.51. The van der Waals surface area contributed by atoms with Crippen molar-refractivity contribution in [1.82, 2.24) is 14.9 Å². The van der Waals surface area contributed by atoms with Crippen LogP contribution >= 0.6 is 0 Å². The monoisotopic (exact) mass is 396 g/mol. The summed E-state index contributed by atoms with van der Waals surface area (Å²) >= 11 is 0. The molecule has 0 saturated carbocycles. The van der Waals surface area contributed by atoms with Gasteiger partial charge in [-0.25, -0.2) is 14.8 Å². The molecule has 2 saturated heterocycles. The van der Waals surface area contributed by atoms with Crippen molar-refractivity contribution in [1.29, 1.82) is 0 Å². The van der Waals surface area contributed by atoms with E-state index in [1.807, 2.05) is 30.0 Å². The molecule has 2 aliphatic heterocycles. The molecule has 1 aromatic carbocycles. The minimum absolute atomic E-state index is 0.0710. The van der Waals surface area contributed by atoms with Gasteiger partial charge in [-0.15, -0.1) is 0 Å². The molecule has 0 bridgehead atoms. The van der Waals surface area contributed by atoms with Crippen molar-refractivity contribution >= 4 is 23.4 Å². The fourth-order valence-electron chi connectivity index (χ4n) is 3.87. The molecule has 1 aromatic heterocycles. The Morgan fingerprint density at radius 1 is 0.966 bits per heavy atom. The molecule has 2 amide bonds. The number of aryl methyl sites for hydroxylation is 1. The quantitative estimate of drug-likeness (QED) is 0.857. The van der Waals surface area contributed by atoms with Gasteiger partial charge in [0, 0.05) is 51.0 Å². The highest BCUT2D eigenvalue weighted by atomic mass is 16.5. The van der Waals surface area contributed by atoms with Crippen molar-refractivity contribution < 1.29 is 9.53 Å². The molecule has 8 heteroatoms. The van der Waals surface area contributed by atoms with Gasteiger partial charge in [-0.3, -0.25) is 0 Å². The molecule has 29 heavy (non-hydrogen) atoms. The Bertz CT molecular complexity index is 860. The maximum absolute atomic E-state index is 12.7. The summed E-state index contributed by atoms with van der Waals surface area (Å²) in [7, 11) is 1.64. The molecule has 2 aromatic rings. The average Bonchev–Trinajstić information content (AvgIpc) is 3.30. The lowest BCUT2D eigenvalue weighted by molar-refractivity contribution is 0.208. The van der Waals surface area contributed by atoms with Crippen LogP contribution in [0.4, 0.5) is 22.1 Å². The molecular weight excluding hydrogens is 368 g/mol. The Hall–Kier alpha value is -3.03. The number of nitrogens with zero attached hydrogens (tertiary/aromatic N) is 5. The number of benzene rings is 1. The first-order valence-corrected chi connectivity index (χ1v) is 10.2. The van der Waals surface area contributed by atoms with E-state index in [0.717, 1.165) is 54.8 Å². The predicted molar refractivity (Wildman–Crippen MR) is 114 cm³/mol. The largest absolute Gasteiger partial charge is 0.497 e. The van der Waals surface area contributed by atoms with Gasteiger partial charge < -0.3 is 24.8 Å². The Morgan fingerprint density at radius 3 is 2.24 bits per heavy atom. The second kappa shape index (κ2) is 8.55. The Balaban J connectivity index is 1.34. The van der Waals surface area contributed by atoms with E-state index in [9.17, 15) is 4.79 Å². The van der Waals surface area contributed by atoms with Crippen molar-refractivity contribution in [2.24, 2.45) is 0 Å². The summed E-state index contributed by atoms with van der Waals surface area (Å²) in [6, 6.07) is 7.65. The van der Waals surface area contributed by atoms with Crippen LogP contribution < -0.4 is 19.9 Å². The number of aromatic nitrogens is 2. The van der Waals surface area contributed by atoms with E-state index >= 15 is 0 Å². The molecule has 1 N–H and O–H groups in total. The number of hydrogen-bond acceptors (Lipinski definition) is 6. The molecule has 3 heterocycles. The summed E-state index contributed by atoms with van der Waals surface area (Å²) in [4.78, 5) is 28.0. The summed E-state index contributed by atoms with van der Waals surface area (Å²) in [6.07, 6.45) is 4.09. The van der Waals surface area contributed by atoms with Crippen LogP contribution in [0.3, 0.4) is 0 Å². The molecule has 2 fully saturated rings. The summed E-state index contributed by atoms with van der Waals surface area (Å²) in [5, 5.41) is 3.01. The van der Waals surface area contributed by atoms with E-state index in [1.165, 1.54) is 12.8 Å². The Morgan fingerprint density at radius 2 is 1.62 bits per heavy atom. The van der Waals surface area contributed by atoms with Gasteiger partial charge in [0.05, 0.1) is 7.11 Å². The van der Waals surface area contributed by atoms with Gasteiger partial charge in [-0.2, -0.15) is 0 Å². The van der Waals surface area contributed by atoms with Crippen LogP contribution in [0, 0.1) is 6.92 Å². The first kappa shape index (κ1) is 19.3. The predicted octanol–water partition coefficient (Wildman–Crippen LogP) is 2.75. The Kier molecular flexibility index (Phi) is 5.69. The van der Waals surface area contributed by atoms with Crippen molar-refractivity contribution in [3.8, 4) is 5.75 Å². The molecule has 154 valence electrons. The number of carbonyl (C=O) groups is 1. The summed E-state index contributed by atoms with van der Waals surface area (Å²) in [6.45, 7) is 6.92. The SMILES string of the molecule is COc1ccc(NC(=O)N2CCN(c3cc(N4CCCC4)ncn3)CC2)c(C)c1. The van der Waals surface area contributed by atoms with Crippen LogP contribution in [-0.4, -0.2) is 67.3 Å². The summed E-state index contributed by atoms with van der Waals surface area (Å²) in [5.74, 6) is 2.72. The topological polar surface area (TPSA) is 73.8 Å².